The molecule has 26 heavy (non-hydrogen) atoms. The number of oxazole rings is 1. The second-order valence-electron chi connectivity index (χ2n) is 6.13. The number of rotatable bonds is 3. The fourth-order valence-electron chi connectivity index (χ4n) is 3.23. The van der Waals surface area contributed by atoms with E-state index >= 15 is 0 Å². The van der Waals surface area contributed by atoms with Crippen LogP contribution in [0.4, 0.5) is 0 Å². The average Bonchev–Trinajstić information content (AvgIpc) is 3.14. The highest BCUT2D eigenvalue weighted by atomic mass is 32.2. The van der Waals surface area contributed by atoms with E-state index < -0.39 is 5.76 Å². The Bertz CT molecular complexity index is 989. The summed E-state index contributed by atoms with van der Waals surface area (Å²) in [5.41, 5.74) is 2.21. The van der Waals surface area contributed by atoms with Gasteiger partial charge in [0.1, 0.15) is 6.26 Å². The molecule has 0 N–H and O–H groups in total. The van der Waals surface area contributed by atoms with Gasteiger partial charge >= 0.3 is 5.76 Å². The van der Waals surface area contributed by atoms with Gasteiger partial charge in [-0.15, -0.1) is 11.8 Å². The first-order valence-electron chi connectivity index (χ1n) is 8.39. The molecule has 4 nitrogen and oxygen atoms in total. The fraction of sp³-hybridized carbons (Fsp3) is 0.143. The summed E-state index contributed by atoms with van der Waals surface area (Å²) < 4.78 is 5.84. The molecule has 0 fully saturated rings. The quantitative estimate of drug-likeness (QED) is 0.697. The number of nitrogens with zero attached hydrogens (tertiary/aromatic N) is 1. The molecule has 2 aromatic carbocycles. The van der Waals surface area contributed by atoms with E-state index in [0.717, 1.165) is 20.6 Å². The molecule has 2 heterocycles. The van der Waals surface area contributed by atoms with Crippen molar-refractivity contribution in [3.8, 4) is 0 Å². The summed E-state index contributed by atoms with van der Waals surface area (Å²) in [4.78, 5) is 25.9. The monoisotopic (exact) mass is 363 g/mol. The number of aromatic nitrogens is 1. The first-order valence-corrected chi connectivity index (χ1v) is 9.38. The molecule has 0 aliphatic carbocycles. The van der Waals surface area contributed by atoms with Crippen LogP contribution < -0.4 is 5.76 Å². The Morgan fingerprint density at radius 1 is 1.04 bits per heavy atom. The molecule has 0 saturated heterocycles. The Kier molecular flexibility index (Phi) is 4.63. The molecule has 0 bridgehead atoms. The lowest BCUT2D eigenvalue weighted by atomic mass is 9.85. The van der Waals surface area contributed by atoms with Crippen molar-refractivity contribution in [1.29, 1.82) is 0 Å². The van der Waals surface area contributed by atoms with E-state index in [-0.39, 0.29) is 17.7 Å². The Balaban J connectivity index is 1.75. The summed E-state index contributed by atoms with van der Waals surface area (Å²) >= 11 is 1.65. The first kappa shape index (κ1) is 16.7. The maximum Gasteiger partial charge on any atom is 0.425 e. The van der Waals surface area contributed by atoms with Gasteiger partial charge in [-0.05, 0) is 11.1 Å². The molecule has 1 aliphatic rings. The van der Waals surface area contributed by atoms with Gasteiger partial charge in [0.05, 0.1) is 12.1 Å². The average molecular weight is 363 g/mol. The summed E-state index contributed by atoms with van der Waals surface area (Å²) in [5.74, 6) is -0.679. The summed E-state index contributed by atoms with van der Waals surface area (Å²) in [7, 11) is 0. The number of carbonyl (C=O) groups is 1. The molecular weight excluding hydrogens is 346 g/mol. The second-order valence-corrected chi connectivity index (χ2v) is 7.19. The van der Waals surface area contributed by atoms with Gasteiger partial charge in [0.2, 0.25) is 5.91 Å². The number of allylic oxidation sites excluding steroid dienone is 1. The number of thioether (sulfide) groups is 1. The van der Waals surface area contributed by atoms with Gasteiger partial charge in [-0.1, -0.05) is 66.7 Å². The van der Waals surface area contributed by atoms with Gasteiger partial charge in [-0.25, -0.2) is 9.36 Å². The number of carbonyl (C=O) groups excluding carboxylic acids is 1. The standard InChI is InChI=1S/C21H17NO3S/c23-20(22-11-12-25-21(22)24)18-14-26-19(16-9-5-2-6-10-16)13-17(18)15-7-3-1-4-8-15/h1-13,17-18H,14H2/t17-,18-/m0/s1. The van der Waals surface area contributed by atoms with Crippen LogP contribution in [0.25, 0.3) is 4.91 Å². The van der Waals surface area contributed by atoms with Crippen LogP contribution in [0.1, 0.15) is 21.8 Å². The maximum absolute atomic E-state index is 13.0. The largest absolute Gasteiger partial charge is 0.425 e. The Morgan fingerprint density at radius 2 is 1.73 bits per heavy atom. The maximum atomic E-state index is 13.0. The molecular formula is C21H17NO3S. The van der Waals surface area contributed by atoms with Crippen molar-refractivity contribution >= 4 is 22.6 Å². The third-order valence-corrected chi connectivity index (χ3v) is 5.76. The van der Waals surface area contributed by atoms with E-state index in [0.29, 0.717) is 5.75 Å². The zero-order valence-electron chi connectivity index (χ0n) is 13.9. The van der Waals surface area contributed by atoms with Crippen molar-refractivity contribution in [2.75, 3.05) is 5.75 Å². The van der Waals surface area contributed by atoms with Crippen molar-refractivity contribution in [1.82, 2.24) is 4.57 Å². The molecule has 0 radical (unpaired) electrons. The predicted molar refractivity (Wildman–Crippen MR) is 103 cm³/mol. The molecule has 0 amide bonds. The number of hydrogen-bond donors (Lipinski definition) is 0. The van der Waals surface area contributed by atoms with Crippen molar-refractivity contribution in [3.63, 3.8) is 0 Å². The van der Waals surface area contributed by atoms with Crippen LogP contribution >= 0.6 is 11.8 Å². The Labute approximate surface area is 155 Å². The zero-order valence-corrected chi connectivity index (χ0v) is 14.8. The highest BCUT2D eigenvalue weighted by Gasteiger charge is 2.34. The number of benzene rings is 2. The summed E-state index contributed by atoms with van der Waals surface area (Å²) in [6.07, 6.45) is 4.79. The van der Waals surface area contributed by atoms with Crippen molar-refractivity contribution in [2.45, 2.75) is 5.92 Å². The topological polar surface area (TPSA) is 52.2 Å². The molecule has 0 spiro atoms. The molecule has 1 aromatic heterocycles. The summed E-state index contributed by atoms with van der Waals surface area (Å²) in [6.45, 7) is 0. The van der Waals surface area contributed by atoms with E-state index in [1.54, 1.807) is 11.8 Å². The van der Waals surface area contributed by atoms with Crippen LogP contribution in [0.5, 0.6) is 0 Å². The van der Waals surface area contributed by atoms with Gasteiger partial charge < -0.3 is 4.42 Å². The minimum atomic E-state index is -0.635. The van der Waals surface area contributed by atoms with Crippen molar-refractivity contribution in [2.24, 2.45) is 5.92 Å². The third kappa shape index (κ3) is 3.18. The van der Waals surface area contributed by atoms with E-state index in [1.165, 1.54) is 12.5 Å². The van der Waals surface area contributed by atoms with Gasteiger partial charge in [-0.2, -0.15) is 0 Å². The fourth-order valence-corrected chi connectivity index (χ4v) is 4.49. The lowest BCUT2D eigenvalue weighted by molar-refractivity contribution is 0.0829. The molecule has 1 aliphatic heterocycles. The van der Waals surface area contributed by atoms with Crippen molar-refractivity contribution in [3.05, 3.63) is 101 Å². The normalized spacial score (nSPS) is 19.8. The molecule has 5 heteroatoms. The number of hydrogen-bond acceptors (Lipinski definition) is 4. The lowest BCUT2D eigenvalue weighted by Gasteiger charge is -2.29. The van der Waals surface area contributed by atoms with Gasteiger partial charge in [0, 0.05) is 16.6 Å². The van der Waals surface area contributed by atoms with E-state index in [1.807, 2.05) is 48.5 Å². The lowest BCUT2D eigenvalue weighted by Crippen LogP contribution is -2.34. The van der Waals surface area contributed by atoms with Crippen molar-refractivity contribution < 1.29 is 9.21 Å². The van der Waals surface area contributed by atoms with Crippen LogP contribution in [0.3, 0.4) is 0 Å². The van der Waals surface area contributed by atoms with Crippen LogP contribution in [0.2, 0.25) is 0 Å². The third-order valence-electron chi connectivity index (χ3n) is 4.56. The Morgan fingerprint density at radius 3 is 2.38 bits per heavy atom. The van der Waals surface area contributed by atoms with Gasteiger partial charge in [-0.3, -0.25) is 4.79 Å². The SMILES string of the molecule is O=C([C@H]1CSC(c2ccccc2)=C[C@H]1c1ccccc1)n1ccoc1=O. The minimum Gasteiger partial charge on any atom is -0.416 e. The van der Waals surface area contributed by atoms with Gasteiger partial charge in [0.25, 0.3) is 0 Å². The molecule has 4 rings (SSSR count). The van der Waals surface area contributed by atoms with Crippen LogP contribution in [-0.2, 0) is 0 Å². The van der Waals surface area contributed by atoms with E-state index in [4.69, 9.17) is 4.42 Å². The second kappa shape index (κ2) is 7.22. The van der Waals surface area contributed by atoms with E-state index in [2.05, 4.69) is 18.2 Å². The summed E-state index contributed by atoms with van der Waals surface area (Å²) in [6, 6.07) is 20.1. The smallest absolute Gasteiger partial charge is 0.416 e. The highest BCUT2D eigenvalue weighted by molar-refractivity contribution is 8.08. The zero-order chi connectivity index (χ0) is 17.9. The van der Waals surface area contributed by atoms with Crippen LogP contribution in [-0.4, -0.2) is 16.2 Å². The Hall–Kier alpha value is -2.79. The predicted octanol–water partition coefficient (Wildman–Crippen LogP) is 4.27. The minimum absolute atomic E-state index is 0.0954. The summed E-state index contributed by atoms with van der Waals surface area (Å²) in [5, 5.41) is 0. The molecule has 0 unspecified atom stereocenters. The highest BCUT2D eigenvalue weighted by Crippen LogP contribution is 2.42. The van der Waals surface area contributed by atoms with Gasteiger partial charge in [0.15, 0.2) is 0 Å². The van der Waals surface area contributed by atoms with Crippen LogP contribution in [0.15, 0.2) is 88.4 Å². The first-order chi connectivity index (χ1) is 12.7. The molecule has 0 saturated carbocycles. The molecule has 3 aromatic rings. The molecule has 2 atom stereocenters. The van der Waals surface area contributed by atoms with E-state index in [9.17, 15) is 9.59 Å². The van der Waals surface area contributed by atoms with Crippen LogP contribution in [0, 0.1) is 5.92 Å². The molecule has 130 valence electrons.